The Morgan fingerprint density at radius 3 is 1.72 bits per heavy atom. The number of esters is 3. The average molecular weight is 531 g/mol. The van der Waals surface area contributed by atoms with Crippen molar-refractivity contribution < 1.29 is 33.3 Å². The Morgan fingerprint density at radius 2 is 1.18 bits per heavy atom. The minimum atomic E-state index is -0.528. The topological polar surface area (TPSA) is 88.1 Å². The lowest BCUT2D eigenvalue weighted by atomic mass is 10.1. The third kappa shape index (κ3) is 10.1. The summed E-state index contributed by atoms with van der Waals surface area (Å²) in [5.41, 5.74) is 1.93. The van der Waals surface area contributed by atoms with Gasteiger partial charge in [-0.1, -0.05) is 38.5 Å². The molecule has 7 nitrogen and oxygen atoms in total. The number of carbonyl (C=O) groups excluding carboxylic acids is 3. The highest BCUT2D eigenvalue weighted by atomic mass is 16.5. The molecule has 0 unspecified atom stereocenters. The molecule has 0 spiro atoms. The van der Waals surface area contributed by atoms with Crippen LogP contribution in [0.5, 0.6) is 17.2 Å². The molecule has 0 aliphatic rings. The standard InChI is InChI=1S/C32H34O7/c1-3-5-6-9-24-10-16-28(17-11-24)38-32(35)26-14-20-29(21-15-26)39-31(34)25-12-18-27(19-13-25)36-22-7-8-23-37-30(33)4-2/h4,10-21H,2-3,5-9,22-23H2,1H3. The fourth-order valence-corrected chi connectivity index (χ4v) is 3.61. The van der Waals surface area contributed by atoms with Crippen molar-refractivity contribution in [2.75, 3.05) is 13.2 Å². The number of ether oxygens (including phenoxy) is 4. The van der Waals surface area contributed by atoms with Gasteiger partial charge in [0.2, 0.25) is 0 Å². The van der Waals surface area contributed by atoms with Gasteiger partial charge in [-0.15, -0.1) is 0 Å². The molecule has 0 radical (unpaired) electrons. The van der Waals surface area contributed by atoms with E-state index >= 15 is 0 Å². The van der Waals surface area contributed by atoms with Crippen LogP contribution in [-0.4, -0.2) is 31.1 Å². The monoisotopic (exact) mass is 530 g/mol. The van der Waals surface area contributed by atoms with Gasteiger partial charge in [0.25, 0.3) is 0 Å². The third-order valence-corrected chi connectivity index (χ3v) is 5.81. The predicted octanol–water partition coefficient (Wildman–Crippen LogP) is 6.75. The van der Waals surface area contributed by atoms with Crippen LogP contribution in [0.2, 0.25) is 0 Å². The van der Waals surface area contributed by atoms with Gasteiger partial charge in [0.15, 0.2) is 0 Å². The van der Waals surface area contributed by atoms with E-state index in [9.17, 15) is 14.4 Å². The molecule has 0 aliphatic carbocycles. The lowest BCUT2D eigenvalue weighted by molar-refractivity contribution is -0.137. The van der Waals surface area contributed by atoms with E-state index in [4.69, 9.17) is 18.9 Å². The molecule has 7 heteroatoms. The molecule has 0 aromatic heterocycles. The highest BCUT2D eigenvalue weighted by molar-refractivity contribution is 5.92. The van der Waals surface area contributed by atoms with Gasteiger partial charge in [-0.2, -0.15) is 0 Å². The smallest absolute Gasteiger partial charge is 0.343 e. The van der Waals surface area contributed by atoms with Crippen molar-refractivity contribution in [2.24, 2.45) is 0 Å². The Balaban J connectivity index is 1.42. The molecule has 204 valence electrons. The average Bonchev–Trinajstić information content (AvgIpc) is 2.96. The molecular formula is C32H34O7. The highest BCUT2D eigenvalue weighted by Gasteiger charge is 2.12. The first-order valence-electron chi connectivity index (χ1n) is 13.1. The van der Waals surface area contributed by atoms with E-state index in [2.05, 4.69) is 13.5 Å². The van der Waals surface area contributed by atoms with Crippen LogP contribution in [0.15, 0.2) is 85.5 Å². The molecule has 0 N–H and O–H groups in total. The number of carbonyl (C=O) groups is 3. The first kappa shape index (κ1) is 29.2. The Morgan fingerprint density at radius 1 is 0.667 bits per heavy atom. The molecule has 0 saturated carbocycles. The molecule has 0 saturated heterocycles. The van der Waals surface area contributed by atoms with Gasteiger partial charge < -0.3 is 18.9 Å². The van der Waals surface area contributed by atoms with Crippen LogP contribution in [0.1, 0.15) is 65.3 Å². The van der Waals surface area contributed by atoms with Crippen LogP contribution in [0, 0.1) is 0 Å². The van der Waals surface area contributed by atoms with E-state index < -0.39 is 17.9 Å². The van der Waals surface area contributed by atoms with Crippen LogP contribution in [0.3, 0.4) is 0 Å². The van der Waals surface area contributed by atoms with Crippen LogP contribution in [0.4, 0.5) is 0 Å². The number of rotatable bonds is 15. The van der Waals surface area contributed by atoms with Gasteiger partial charge in [0.05, 0.1) is 24.3 Å². The van der Waals surface area contributed by atoms with E-state index in [0.29, 0.717) is 54.4 Å². The van der Waals surface area contributed by atoms with Gasteiger partial charge >= 0.3 is 17.9 Å². The minimum absolute atomic E-state index is 0.311. The zero-order chi connectivity index (χ0) is 27.9. The number of hydrogen-bond donors (Lipinski definition) is 0. The molecule has 0 fully saturated rings. The van der Waals surface area contributed by atoms with Crippen molar-refractivity contribution in [3.05, 3.63) is 102 Å². The summed E-state index contributed by atoms with van der Waals surface area (Å²) >= 11 is 0. The van der Waals surface area contributed by atoms with E-state index in [1.807, 2.05) is 12.1 Å². The SMILES string of the molecule is C=CC(=O)OCCCCOc1ccc(C(=O)Oc2ccc(C(=O)Oc3ccc(CCCCC)cc3)cc2)cc1. The molecule has 0 bridgehead atoms. The molecule has 3 rings (SSSR count). The van der Waals surface area contributed by atoms with Gasteiger partial charge in [0, 0.05) is 6.08 Å². The highest BCUT2D eigenvalue weighted by Crippen LogP contribution is 2.19. The summed E-state index contributed by atoms with van der Waals surface area (Å²) in [5, 5.41) is 0. The second kappa shape index (κ2) is 15.8. The molecule has 39 heavy (non-hydrogen) atoms. The van der Waals surface area contributed by atoms with Crippen molar-refractivity contribution in [3.8, 4) is 17.2 Å². The van der Waals surface area contributed by atoms with Gasteiger partial charge in [-0.05, 0) is 91.9 Å². The first-order valence-corrected chi connectivity index (χ1v) is 13.1. The fourth-order valence-electron chi connectivity index (χ4n) is 3.61. The van der Waals surface area contributed by atoms with Gasteiger partial charge in [0.1, 0.15) is 17.2 Å². The van der Waals surface area contributed by atoms with Crippen molar-refractivity contribution >= 4 is 17.9 Å². The quantitative estimate of drug-likeness (QED) is 0.0930. The number of benzene rings is 3. The molecule has 3 aromatic rings. The zero-order valence-electron chi connectivity index (χ0n) is 22.2. The van der Waals surface area contributed by atoms with Gasteiger partial charge in [-0.25, -0.2) is 14.4 Å². The summed E-state index contributed by atoms with van der Waals surface area (Å²) in [6, 6.07) is 20.4. The van der Waals surface area contributed by atoms with Crippen molar-refractivity contribution in [3.63, 3.8) is 0 Å². The summed E-state index contributed by atoms with van der Waals surface area (Å²) in [6.45, 7) is 6.28. The summed E-state index contributed by atoms with van der Waals surface area (Å²) in [4.78, 5) is 36.0. The summed E-state index contributed by atoms with van der Waals surface area (Å²) < 4.78 is 21.4. The number of unbranched alkanes of at least 4 members (excludes halogenated alkanes) is 3. The second-order valence-electron chi connectivity index (χ2n) is 8.86. The summed E-state index contributed by atoms with van der Waals surface area (Å²) in [7, 11) is 0. The van der Waals surface area contributed by atoms with E-state index in [-0.39, 0.29) is 0 Å². The summed E-state index contributed by atoms with van der Waals surface area (Å²) in [5.74, 6) is -0.0450. The van der Waals surface area contributed by atoms with Crippen molar-refractivity contribution in [1.29, 1.82) is 0 Å². The first-order chi connectivity index (χ1) is 19.0. The molecule has 0 aliphatic heterocycles. The maximum atomic E-state index is 12.5. The minimum Gasteiger partial charge on any atom is -0.494 e. The maximum Gasteiger partial charge on any atom is 0.343 e. The van der Waals surface area contributed by atoms with E-state index in [0.717, 1.165) is 18.9 Å². The summed E-state index contributed by atoms with van der Waals surface area (Å²) in [6.07, 6.45) is 7.05. The Labute approximate surface area is 229 Å². The third-order valence-electron chi connectivity index (χ3n) is 5.81. The lowest BCUT2D eigenvalue weighted by Crippen LogP contribution is -2.10. The Kier molecular flexibility index (Phi) is 11.8. The maximum absolute atomic E-state index is 12.5. The van der Waals surface area contributed by atoms with Crippen LogP contribution in [0.25, 0.3) is 0 Å². The Hall–Kier alpha value is -4.39. The molecular weight excluding hydrogens is 496 g/mol. The normalized spacial score (nSPS) is 10.4. The molecule has 0 heterocycles. The lowest BCUT2D eigenvalue weighted by Gasteiger charge is -2.09. The molecule has 0 atom stereocenters. The van der Waals surface area contributed by atoms with E-state index in [1.54, 1.807) is 60.7 Å². The van der Waals surface area contributed by atoms with Crippen LogP contribution in [-0.2, 0) is 16.0 Å². The number of hydrogen-bond acceptors (Lipinski definition) is 7. The predicted molar refractivity (Wildman–Crippen MR) is 148 cm³/mol. The largest absolute Gasteiger partial charge is 0.494 e. The second-order valence-corrected chi connectivity index (χ2v) is 8.86. The zero-order valence-corrected chi connectivity index (χ0v) is 22.2. The molecule has 0 amide bonds. The van der Waals surface area contributed by atoms with Crippen molar-refractivity contribution in [1.82, 2.24) is 0 Å². The molecule has 3 aromatic carbocycles. The fraction of sp³-hybridized carbons (Fsp3) is 0.281. The number of aryl methyl sites for hydroxylation is 1. The van der Waals surface area contributed by atoms with Crippen molar-refractivity contribution in [2.45, 2.75) is 45.4 Å². The van der Waals surface area contributed by atoms with Gasteiger partial charge in [-0.3, -0.25) is 0 Å². The Bertz CT molecular complexity index is 1210. The van der Waals surface area contributed by atoms with E-state index in [1.165, 1.54) is 18.4 Å². The van der Waals surface area contributed by atoms with Crippen LogP contribution >= 0.6 is 0 Å². The van der Waals surface area contributed by atoms with Crippen LogP contribution < -0.4 is 14.2 Å².